The number of hydrogen-bond donors (Lipinski definition) is 0. The number of rotatable bonds is 4. The molecule has 0 unspecified atom stereocenters. The molecular formula is C12H16O2. The van der Waals surface area contributed by atoms with Gasteiger partial charge in [-0.1, -0.05) is 19.1 Å². The average molecular weight is 192 g/mol. The van der Waals surface area contributed by atoms with E-state index >= 15 is 0 Å². The summed E-state index contributed by atoms with van der Waals surface area (Å²) in [6, 6.07) is 7.65. The van der Waals surface area contributed by atoms with Crippen molar-refractivity contribution in [3.63, 3.8) is 0 Å². The van der Waals surface area contributed by atoms with Crippen molar-refractivity contribution in [1.82, 2.24) is 0 Å². The van der Waals surface area contributed by atoms with E-state index in [-0.39, 0.29) is 5.41 Å². The van der Waals surface area contributed by atoms with Crippen LogP contribution in [0.25, 0.3) is 0 Å². The number of benzene rings is 1. The van der Waals surface area contributed by atoms with Crippen molar-refractivity contribution >= 4 is 6.29 Å². The maximum absolute atomic E-state index is 11.0. The Morgan fingerprint density at radius 2 is 1.93 bits per heavy atom. The molecule has 14 heavy (non-hydrogen) atoms. The van der Waals surface area contributed by atoms with Gasteiger partial charge in [0, 0.05) is 5.41 Å². The lowest BCUT2D eigenvalue weighted by Gasteiger charge is -2.21. The van der Waals surface area contributed by atoms with Gasteiger partial charge in [-0.05, 0) is 31.0 Å². The third kappa shape index (κ3) is 1.95. The summed E-state index contributed by atoms with van der Waals surface area (Å²) in [5.74, 6) is 0.818. The summed E-state index contributed by atoms with van der Waals surface area (Å²) in [7, 11) is 1.63. The van der Waals surface area contributed by atoms with E-state index in [1.54, 1.807) is 7.11 Å². The SMILES string of the molecule is CC[C@](C)(C=O)c1ccc(OC)cc1. The largest absolute Gasteiger partial charge is 0.497 e. The van der Waals surface area contributed by atoms with Gasteiger partial charge in [0.05, 0.1) is 7.11 Å². The molecule has 0 N–H and O–H groups in total. The van der Waals surface area contributed by atoms with Crippen LogP contribution in [0, 0.1) is 0 Å². The lowest BCUT2D eigenvalue weighted by atomic mass is 9.82. The van der Waals surface area contributed by atoms with E-state index in [1.807, 2.05) is 38.1 Å². The van der Waals surface area contributed by atoms with Crippen molar-refractivity contribution in [1.29, 1.82) is 0 Å². The van der Waals surface area contributed by atoms with Gasteiger partial charge in [-0.15, -0.1) is 0 Å². The van der Waals surface area contributed by atoms with Gasteiger partial charge in [-0.2, -0.15) is 0 Å². The topological polar surface area (TPSA) is 26.3 Å². The molecule has 0 aromatic heterocycles. The Morgan fingerprint density at radius 3 is 2.29 bits per heavy atom. The van der Waals surface area contributed by atoms with E-state index in [0.717, 1.165) is 24.0 Å². The fourth-order valence-electron chi connectivity index (χ4n) is 1.33. The second kappa shape index (κ2) is 4.27. The minimum atomic E-state index is -0.369. The van der Waals surface area contributed by atoms with Gasteiger partial charge in [0.1, 0.15) is 12.0 Å². The van der Waals surface area contributed by atoms with Crippen LogP contribution in [-0.4, -0.2) is 13.4 Å². The summed E-state index contributed by atoms with van der Waals surface area (Å²) in [4.78, 5) is 11.0. The Morgan fingerprint density at radius 1 is 1.36 bits per heavy atom. The first kappa shape index (κ1) is 10.8. The number of carbonyl (C=O) groups excluding carboxylic acids is 1. The maximum atomic E-state index is 11.0. The van der Waals surface area contributed by atoms with Crippen molar-refractivity contribution in [2.24, 2.45) is 0 Å². The van der Waals surface area contributed by atoms with Gasteiger partial charge in [0.2, 0.25) is 0 Å². The van der Waals surface area contributed by atoms with Crippen molar-refractivity contribution in [2.75, 3.05) is 7.11 Å². The number of ether oxygens (including phenoxy) is 1. The van der Waals surface area contributed by atoms with Gasteiger partial charge in [0.25, 0.3) is 0 Å². The van der Waals surface area contributed by atoms with Crippen LogP contribution in [0.5, 0.6) is 5.75 Å². The Kier molecular flexibility index (Phi) is 3.28. The highest BCUT2D eigenvalue weighted by molar-refractivity contribution is 5.67. The third-order valence-electron chi connectivity index (χ3n) is 2.74. The molecule has 0 aliphatic rings. The Bertz CT molecular complexity index is 303. The molecule has 0 heterocycles. The molecule has 0 amide bonds. The van der Waals surface area contributed by atoms with Crippen LogP contribution in [-0.2, 0) is 10.2 Å². The van der Waals surface area contributed by atoms with E-state index in [0.29, 0.717) is 0 Å². The fraction of sp³-hybridized carbons (Fsp3) is 0.417. The molecule has 0 saturated heterocycles. The van der Waals surface area contributed by atoms with Crippen molar-refractivity contribution in [3.05, 3.63) is 29.8 Å². The molecule has 0 spiro atoms. The predicted octanol–water partition coefficient (Wildman–Crippen LogP) is 2.56. The zero-order valence-electron chi connectivity index (χ0n) is 8.91. The Labute approximate surface area is 84.9 Å². The molecule has 1 aromatic rings. The van der Waals surface area contributed by atoms with Crippen LogP contribution >= 0.6 is 0 Å². The van der Waals surface area contributed by atoms with E-state index in [1.165, 1.54) is 0 Å². The van der Waals surface area contributed by atoms with Crippen LogP contribution in [0.2, 0.25) is 0 Å². The lowest BCUT2D eigenvalue weighted by Crippen LogP contribution is -2.22. The molecule has 76 valence electrons. The molecule has 0 radical (unpaired) electrons. The van der Waals surface area contributed by atoms with E-state index < -0.39 is 0 Å². The van der Waals surface area contributed by atoms with Crippen LogP contribution in [0.1, 0.15) is 25.8 Å². The van der Waals surface area contributed by atoms with E-state index in [4.69, 9.17) is 4.74 Å². The summed E-state index contributed by atoms with van der Waals surface area (Å²) in [5.41, 5.74) is 0.669. The fourth-order valence-corrected chi connectivity index (χ4v) is 1.33. The molecule has 0 aliphatic carbocycles. The molecular weight excluding hydrogens is 176 g/mol. The summed E-state index contributed by atoms with van der Waals surface area (Å²) in [6.45, 7) is 3.96. The Hall–Kier alpha value is -1.31. The highest BCUT2D eigenvalue weighted by Gasteiger charge is 2.23. The summed E-state index contributed by atoms with van der Waals surface area (Å²) < 4.78 is 5.06. The average Bonchev–Trinajstić information content (AvgIpc) is 2.28. The van der Waals surface area contributed by atoms with Crippen LogP contribution < -0.4 is 4.74 Å². The summed E-state index contributed by atoms with van der Waals surface area (Å²) in [5, 5.41) is 0. The van der Waals surface area contributed by atoms with Crippen molar-refractivity contribution in [3.8, 4) is 5.75 Å². The minimum Gasteiger partial charge on any atom is -0.497 e. The van der Waals surface area contributed by atoms with Gasteiger partial charge < -0.3 is 9.53 Å². The number of aldehydes is 1. The number of carbonyl (C=O) groups is 1. The lowest BCUT2D eigenvalue weighted by molar-refractivity contribution is -0.112. The summed E-state index contributed by atoms with van der Waals surface area (Å²) in [6.07, 6.45) is 1.82. The first-order chi connectivity index (χ1) is 6.66. The van der Waals surface area contributed by atoms with E-state index in [2.05, 4.69) is 0 Å². The smallest absolute Gasteiger partial charge is 0.130 e. The monoisotopic (exact) mass is 192 g/mol. The first-order valence-corrected chi connectivity index (χ1v) is 4.77. The van der Waals surface area contributed by atoms with Crippen molar-refractivity contribution < 1.29 is 9.53 Å². The van der Waals surface area contributed by atoms with Crippen LogP contribution in [0.4, 0.5) is 0 Å². The molecule has 1 atom stereocenters. The van der Waals surface area contributed by atoms with Crippen molar-refractivity contribution in [2.45, 2.75) is 25.7 Å². The minimum absolute atomic E-state index is 0.369. The second-order valence-corrected chi connectivity index (χ2v) is 3.62. The van der Waals surface area contributed by atoms with Gasteiger partial charge >= 0.3 is 0 Å². The molecule has 0 aliphatic heterocycles. The highest BCUT2D eigenvalue weighted by Crippen LogP contribution is 2.26. The molecule has 0 fully saturated rings. The molecule has 1 rings (SSSR count). The molecule has 0 bridgehead atoms. The molecule has 2 nitrogen and oxygen atoms in total. The molecule has 1 aromatic carbocycles. The third-order valence-corrected chi connectivity index (χ3v) is 2.74. The van der Waals surface area contributed by atoms with Gasteiger partial charge in [-0.3, -0.25) is 0 Å². The first-order valence-electron chi connectivity index (χ1n) is 4.77. The highest BCUT2D eigenvalue weighted by atomic mass is 16.5. The normalized spacial score (nSPS) is 14.5. The maximum Gasteiger partial charge on any atom is 0.130 e. The van der Waals surface area contributed by atoms with Crippen LogP contribution in [0.15, 0.2) is 24.3 Å². The number of methoxy groups -OCH3 is 1. The van der Waals surface area contributed by atoms with E-state index in [9.17, 15) is 4.79 Å². The zero-order valence-corrected chi connectivity index (χ0v) is 8.91. The predicted molar refractivity (Wildman–Crippen MR) is 56.7 cm³/mol. The van der Waals surface area contributed by atoms with Gasteiger partial charge in [0.15, 0.2) is 0 Å². The number of hydrogen-bond acceptors (Lipinski definition) is 2. The zero-order chi connectivity index (χ0) is 10.6. The second-order valence-electron chi connectivity index (χ2n) is 3.62. The Balaban J connectivity index is 3.01. The molecule has 2 heteroatoms. The molecule has 0 saturated carbocycles. The van der Waals surface area contributed by atoms with Gasteiger partial charge in [-0.25, -0.2) is 0 Å². The standard InChI is InChI=1S/C12H16O2/c1-4-12(2,9-13)10-5-7-11(14-3)8-6-10/h5-9H,4H2,1-3H3/t12-/m1/s1. The van der Waals surface area contributed by atoms with Crippen LogP contribution in [0.3, 0.4) is 0 Å². The summed E-state index contributed by atoms with van der Waals surface area (Å²) >= 11 is 0. The quantitative estimate of drug-likeness (QED) is 0.685.